The van der Waals surface area contributed by atoms with E-state index in [2.05, 4.69) is 10.1 Å². The highest BCUT2D eigenvalue weighted by Gasteiger charge is 1.95. The molecule has 0 amide bonds. The summed E-state index contributed by atoms with van der Waals surface area (Å²) >= 11 is 0. The smallest absolute Gasteiger partial charge is 0.145 e. The van der Waals surface area contributed by atoms with Crippen LogP contribution in [0.5, 0.6) is 0 Å². The first-order valence-corrected chi connectivity index (χ1v) is 3.61. The number of aliphatic imine (C=N–C) groups is 1. The van der Waals surface area contributed by atoms with Crippen LogP contribution in [0, 0.1) is 0 Å². The van der Waals surface area contributed by atoms with Crippen LogP contribution < -0.4 is 0 Å². The van der Waals surface area contributed by atoms with Crippen LogP contribution in [0.25, 0.3) is 0 Å². The zero-order valence-electron chi connectivity index (χ0n) is 7.69. The Morgan fingerprint density at radius 2 is 2.08 bits per heavy atom. The molecule has 0 heterocycles. The maximum atomic E-state index is 8.25. The van der Waals surface area contributed by atoms with E-state index >= 15 is 0 Å². The van der Waals surface area contributed by atoms with Crippen LogP contribution in [0.2, 0.25) is 0 Å². The minimum absolute atomic E-state index is 0. The normalized spacial score (nSPS) is 11.4. The van der Waals surface area contributed by atoms with Gasteiger partial charge in [0.15, 0.2) is 0 Å². The minimum Gasteiger partial charge on any atom is -0.411 e. The summed E-state index contributed by atoms with van der Waals surface area (Å²) < 4.78 is 0. The first-order chi connectivity index (χ1) is 5.22. The monoisotopic (exact) mass is 193 g/mol. The Kier molecular flexibility index (Phi) is 9.57. The molecule has 4 nitrogen and oxygen atoms in total. The molecule has 0 atom stereocenters. The topological polar surface area (TPSA) is 48.2 Å². The van der Waals surface area contributed by atoms with E-state index in [1.165, 1.54) is 6.21 Å². The van der Waals surface area contributed by atoms with E-state index in [0.29, 0.717) is 5.84 Å². The number of nitrogens with zero attached hydrogens (tertiary/aromatic N) is 3. The minimum atomic E-state index is 0. The van der Waals surface area contributed by atoms with Gasteiger partial charge in [0.1, 0.15) is 12.1 Å². The summed E-state index contributed by atoms with van der Waals surface area (Å²) in [5, 5.41) is 11.2. The Balaban J connectivity index is 0. The van der Waals surface area contributed by atoms with E-state index in [1.807, 2.05) is 21.0 Å². The fourth-order valence-corrected chi connectivity index (χ4v) is 0.576. The number of hydrogen-bond donors (Lipinski definition) is 1. The Morgan fingerprint density at radius 3 is 2.42 bits per heavy atom. The lowest BCUT2D eigenvalue weighted by Gasteiger charge is -2.10. The molecule has 0 saturated carbocycles. The molecule has 0 rings (SSSR count). The predicted molar refractivity (Wildman–Crippen MR) is 53.8 cm³/mol. The van der Waals surface area contributed by atoms with Crippen molar-refractivity contribution in [3.8, 4) is 0 Å². The molecule has 12 heavy (non-hydrogen) atoms. The van der Waals surface area contributed by atoms with Gasteiger partial charge < -0.3 is 10.1 Å². The van der Waals surface area contributed by atoms with Gasteiger partial charge in [-0.25, -0.2) is 0 Å². The standard InChI is InChI=1S/C7H15N3O.ClH/c1-4-5-8-7(6-9-11)10(2)3;/h6,11H,4-5H2,1-3H3;1H/b8-7?,9-6+;. The van der Waals surface area contributed by atoms with Crippen molar-refractivity contribution in [3.63, 3.8) is 0 Å². The lowest BCUT2D eigenvalue weighted by atomic mass is 10.5. The molecule has 0 aromatic rings. The van der Waals surface area contributed by atoms with Gasteiger partial charge >= 0.3 is 0 Å². The van der Waals surface area contributed by atoms with Gasteiger partial charge in [-0.2, -0.15) is 0 Å². The summed E-state index contributed by atoms with van der Waals surface area (Å²) in [4.78, 5) is 5.97. The third kappa shape index (κ3) is 5.97. The van der Waals surface area contributed by atoms with Crippen LogP contribution in [0.4, 0.5) is 0 Å². The van der Waals surface area contributed by atoms with Gasteiger partial charge in [-0.3, -0.25) is 4.99 Å². The average molecular weight is 194 g/mol. The fourth-order valence-electron chi connectivity index (χ4n) is 0.576. The summed E-state index contributed by atoms with van der Waals surface area (Å²) in [6, 6.07) is 0. The van der Waals surface area contributed by atoms with Crippen LogP contribution >= 0.6 is 12.4 Å². The molecule has 0 spiro atoms. The molecule has 0 bridgehead atoms. The number of hydrogen-bond acceptors (Lipinski definition) is 3. The summed E-state index contributed by atoms with van der Waals surface area (Å²) in [7, 11) is 3.71. The largest absolute Gasteiger partial charge is 0.411 e. The predicted octanol–water partition coefficient (Wildman–Crippen LogP) is 1.24. The highest BCUT2D eigenvalue weighted by molar-refractivity contribution is 6.28. The summed E-state index contributed by atoms with van der Waals surface area (Å²) in [6.45, 7) is 2.81. The molecule has 0 aliphatic carbocycles. The van der Waals surface area contributed by atoms with Crippen molar-refractivity contribution in [3.05, 3.63) is 0 Å². The summed E-state index contributed by atoms with van der Waals surface area (Å²) in [5.41, 5.74) is 0. The van der Waals surface area contributed by atoms with Gasteiger partial charge in [0.25, 0.3) is 0 Å². The van der Waals surface area contributed by atoms with Crippen LogP contribution in [0.15, 0.2) is 10.1 Å². The van der Waals surface area contributed by atoms with Crippen molar-refractivity contribution in [1.82, 2.24) is 4.90 Å². The second-order valence-corrected chi connectivity index (χ2v) is 2.38. The molecule has 0 unspecified atom stereocenters. The van der Waals surface area contributed by atoms with Gasteiger partial charge in [0, 0.05) is 20.6 Å². The lowest BCUT2D eigenvalue weighted by molar-refractivity contribution is 0.322. The molecular formula is C7H16ClN3O. The molecule has 0 aromatic carbocycles. The van der Waals surface area contributed by atoms with E-state index in [1.54, 1.807) is 4.90 Å². The fraction of sp³-hybridized carbons (Fsp3) is 0.714. The molecule has 0 aliphatic heterocycles. The van der Waals surface area contributed by atoms with Crippen molar-refractivity contribution < 1.29 is 5.21 Å². The number of oxime groups is 1. The Bertz CT molecular complexity index is 157. The molecule has 0 aliphatic rings. The Labute approximate surface area is 79.4 Å². The van der Waals surface area contributed by atoms with Crippen molar-refractivity contribution in [1.29, 1.82) is 0 Å². The summed E-state index contributed by atoms with van der Waals surface area (Å²) in [6.07, 6.45) is 2.33. The van der Waals surface area contributed by atoms with E-state index < -0.39 is 0 Å². The second kappa shape index (κ2) is 8.33. The molecule has 72 valence electrons. The second-order valence-electron chi connectivity index (χ2n) is 2.38. The zero-order valence-corrected chi connectivity index (χ0v) is 8.51. The van der Waals surface area contributed by atoms with Crippen molar-refractivity contribution in [2.45, 2.75) is 13.3 Å². The van der Waals surface area contributed by atoms with Crippen molar-refractivity contribution in [2.24, 2.45) is 10.1 Å². The third-order valence-electron chi connectivity index (χ3n) is 1.13. The van der Waals surface area contributed by atoms with Crippen LogP contribution in [-0.2, 0) is 0 Å². The molecule has 0 fully saturated rings. The molecule has 1 N–H and O–H groups in total. The molecule has 0 saturated heterocycles. The third-order valence-corrected chi connectivity index (χ3v) is 1.13. The maximum Gasteiger partial charge on any atom is 0.145 e. The lowest BCUT2D eigenvalue weighted by Crippen LogP contribution is -2.23. The van der Waals surface area contributed by atoms with Gasteiger partial charge in [-0.1, -0.05) is 12.1 Å². The quantitative estimate of drug-likeness (QED) is 0.317. The van der Waals surface area contributed by atoms with Crippen molar-refractivity contribution in [2.75, 3.05) is 20.6 Å². The first kappa shape index (κ1) is 13.8. The van der Waals surface area contributed by atoms with Crippen LogP contribution in [0.3, 0.4) is 0 Å². The van der Waals surface area contributed by atoms with Crippen LogP contribution in [0.1, 0.15) is 13.3 Å². The van der Waals surface area contributed by atoms with E-state index in [-0.39, 0.29) is 12.4 Å². The Hall–Kier alpha value is -0.770. The van der Waals surface area contributed by atoms with E-state index in [0.717, 1.165) is 13.0 Å². The first-order valence-electron chi connectivity index (χ1n) is 3.61. The van der Waals surface area contributed by atoms with Crippen molar-refractivity contribution >= 4 is 24.5 Å². The summed E-state index contributed by atoms with van der Waals surface area (Å²) in [5.74, 6) is 0.689. The number of halogens is 1. The molecule has 0 aromatic heterocycles. The van der Waals surface area contributed by atoms with Gasteiger partial charge in [-0.15, -0.1) is 12.4 Å². The van der Waals surface area contributed by atoms with E-state index in [9.17, 15) is 0 Å². The van der Waals surface area contributed by atoms with E-state index in [4.69, 9.17) is 5.21 Å². The highest BCUT2D eigenvalue weighted by Crippen LogP contribution is 1.84. The SMILES string of the molecule is CCCN=C(/C=N/O)N(C)C.Cl. The van der Waals surface area contributed by atoms with Gasteiger partial charge in [0.05, 0.1) is 0 Å². The number of amidine groups is 1. The Morgan fingerprint density at radius 1 is 1.50 bits per heavy atom. The van der Waals surface area contributed by atoms with Gasteiger partial charge in [-0.05, 0) is 6.42 Å². The molecule has 0 radical (unpaired) electrons. The van der Waals surface area contributed by atoms with Crippen LogP contribution in [-0.4, -0.2) is 42.8 Å². The maximum absolute atomic E-state index is 8.25. The molecule has 5 heteroatoms. The molecular weight excluding hydrogens is 178 g/mol. The zero-order chi connectivity index (χ0) is 8.69. The van der Waals surface area contributed by atoms with Gasteiger partial charge in [0.2, 0.25) is 0 Å². The average Bonchev–Trinajstić information content (AvgIpc) is 1.97. The number of rotatable bonds is 3. The highest BCUT2D eigenvalue weighted by atomic mass is 35.5.